The van der Waals surface area contributed by atoms with Crippen LogP contribution in [0.5, 0.6) is 0 Å². The van der Waals surface area contributed by atoms with Gasteiger partial charge >= 0.3 is 6.18 Å². The van der Waals surface area contributed by atoms with Crippen LogP contribution in [-0.2, 0) is 11.0 Å². The normalized spacial score (nSPS) is 19.9. The second-order valence-electron chi connectivity index (χ2n) is 4.08. The van der Waals surface area contributed by atoms with Crippen LogP contribution < -0.4 is 4.90 Å². The van der Waals surface area contributed by atoms with E-state index >= 15 is 0 Å². The number of halogens is 4. The summed E-state index contributed by atoms with van der Waals surface area (Å²) in [5.41, 5.74) is -1.17. The van der Waals surface area contributed by atoms with Crippen molar-refractivity contribution in [3.63, 3.8) is 0 Å². The van der Waals surface area contributed by atoms with E-state index in [1.165, 1.54) is 0 Å². The number of rotatable bonds is 2. The fourth-order valence-electron chi connectivity index (χ4n) is 1.76. The molecular weight excluding hydrogens is 283 g/mol. The lowest BCUT2D eigenvalue weighted by Crippen LogP contribution is -2.27. The molecule has 0 saturated carbocycles. The van der Waals surface area contributed by atoms with Crippen molar-refractivity contribution in [3.8, 4) is 0 Å². The SMILES string of the molecule is C=CC1CC(=O)N(c2nc(Cl)cc(C(F)(F)F)n2)C1. The molecule has 8 heteroatoms. The van der Waals surface area contributed by atoms with Gasteiger partial charge in [-0.15, -0.1) is 6.58 Å². The molecule has 2 heterocycles. The molecule has 102 valence electrons. The number of aromatic nitrogens is 2. The first-order chi connectivity index (χ1) is 8.81. The van der Waals surface area contributed by atoms with Gasteiger partial charge in [0.15, 0.2) is 5.69 Å². The molecule has 0 aliphatic carbocycles. The maximum Gasteiger partial charge on any atom is 0.433 e. The zero-order valence-electron chi connectivity index (χ0n) is 9.62. The molecule has 1 aromatic heterocycles. The van der Waals surface area contributed by atoms with Gasteiger partial charge < -0.3 is 0 Å². The van der Waals surface area contributed by atoms with Gasteiger partial charge in [-0.3, -0.25) is 9.69 Å². The summed E-state index contributed by atoms with van der Waals surface area (Å²) in [5, 5.41) is -0.354. The lowest BCUT2D eigenvalue weighted by atomic mass is 10.1. The third kappa shape index (κ3) is 2.86. The molecule has 0 N–H and O–H groups in total. The van der Waals surface area contributed by atoms with Crippen molar-refractivity contribution in [2.24, 2.45) is 5.92 Å². The molecule has 1 fully saturated rings. The molecule has 1 aromatic rings. The maximum atomic E-state index is 12.6. The van der Waals surface area contributed by atoms with Crippen LogP contribution in [0, 0.1) is 5.92 Å². The Hall–Kier alpha value is -1.63. The minimum Gasteiger partial charge on any atom is -0.280 e. The predicted molar refractivity (Wildman–Crippen MR) is 62.7 cm³/mol. The lowest BCUT2D eigenvalue weighted by molar-refractivity contribution is -0.141. The summed E-state index contributed by atoms with van der Waals surface area (Å²) < 4.78 is 37.8. The summed E-state index contributed by atoms with van der Waals surface area (Å²) >= 11 is 5.54. The molecule has 0 radical (unpaired) electrons. The first kappa shape index (κ1) is 13.8. The molecule has 2 rings (SSSR count). The number of carbonyl (C=O) groups excluding carboxylic acids is 1. The summed E-state index contributed by atoms with van der Waals surface area (Å²) in [6, 6.07) is 0.622. The average Bonchev–Trinajstić information content (AvgIpc) is 2.68. The van der Waals surface area contributed by atoms with Crippen LogP contribution in [0.3, 0.4) is 0 Å². The molecule has 19 heavy (non-hydrogen) atoms. The molecule has 0 spiro atoms. The van der Waals surface area contributed by atoms with E-state index in [4.69, 9.17) is 11.6 Å². The Bertz CT molecular complexity index is 532. The second-order valence-corrected chi connectivity index (χ2v) is 4.47. The smallest absolute Gasteiger partial charge is 0.280 e. The van der Waals surface area contributed by atoms with Gasteiger partial charge in [0.2, 0.25) is 11.9 Å². The first-order valence-electron chi connectivity index (χ1n) is 5.36. The highest BCUT2D eigenvalue weighted by molar-refractivity contribution is 6.29. The van der Waals surface area contributed by atoms with Gasteiger partial charge in [0.25, 0.3) is 0 Å². The first-order valence-corrected chi connectivity index (χ1v) is 5.73. The van der Waals surface area contributed by atoms with E-state index in [-0.39, 0.29) is 35.9 Å². The average molecular weight is 292 g/mol. The van der Waals surface area contributed by atoms with E-state index < -0.39 is 11.9 Å². The third-order valence-electron chi connectivity index (χ3n) is 2.70. The van der Waals surface area contributed by atoms with E-state index in [2.05, 4.69) is 16.5 Å². The number of hydrogen-bond acceptors (Lipinski definition) is 3. The highest BCUT2D eigenvalue weighted by Crippen LogP contribution is 2.31. The lowest BCUT2D eigenvalue weighted by Gasteiger charge is -2.15. The van der Waals surface area contributed by atoms with Crippen molar-refractivity contribution in [1.29, 1.82) is 0 Å². The van der Waals surface area contributed by atoms with Crippen LogP contribution >= 0.6 is 11.6 Å². The molecule has 1 amide bonds. The number of alkyl halides is 3. The zero-order valence-corrected chi connectivity index (χ0v) is 10.4. The molecular formula is C11H9ClF3N3O. The fourth-order valence-corrected chi connectivity index (χ4v) is 1.94. The zero-order chi connectivity index (χ0) is 14.2. The quantitative estimate of drug-likeness (QED) is 0.622. The van der Waals surface area contributed by atoms with Gasteiger partial charge in [-0.25, -0.2) is 9.97 Å². The van der Waals surface area contributed by atoms with Crippen molar-refractivity contribution in [2.45, 2.75) is 12.6 Å². The minimum atomic E-state index is -4.64. The van der Waals surface area contributed by atoms with E-state index in [1.54, 1.807) is 6.08 Å². The summed E-state index contributed by atoms with van der Waals surface area (Å²) in [7, 11) is 0. The van der Waals surface area contributed by atoms with Gasteiger partial charge in [-0.05, 0) is 0 Å². The number of hydrogen-bond donors (Lipinski definition) is 0. The predicted octanol–water partition coefficient (Wildman–Crippen LogP) is 2.69. The Morgan fingerprint density at radius 2 is 2.16 bits per heavy atom. The monoisotopic (exact) mass is 291 g/mol. The standard InChI is InChI=1S/C11H9ClF3N3O/c1-2-6-3-9(19)18(5-6)10-16-7(11(13,14)15)4-8(12)17-10/h2,4,6H,1,3,5H2. The molecule has 1 aliphatic heterocycles. The summed E-state index contributed by atoms with van der Waals surface area (Å²) in [5.74, 6) is -0.793. The third-order valence-corrected chi connectivity index (χ3v) is 2.90. The van der Waals surface area contributed by atoms with E-state index in [1.807, 2.05) is 0 Å². The fraction of sp³-hybridized carbons (Fsp3) is 0.364. The maximum absolute atomic E-state index is 12.6. The number of amides is 1. The largest absolute Gasteiger partial charge is 0.433 e. The Kier molecular flexibility index (Phi) is 3.49. The second kappa shape index (κ2) is 4.80. The molecule has 0 bridgehead atoms. The topological polar surface area (TPSA) is 46.1 Å². The summed E-state index contributed by atoms with van der Waals surface area (Å²) in [4.78, 5) is 19.8. The van der Waals surface area contributed by atoms with E-state index in [0.717, 1.165) is 4.90 Å². The van der Waals surface area contributed by atoms with Crippen molar-refractivity contribution in [1.82, 2.24) is 9.97 Å². The highest BCUT2D eigenvalue weighted by Gasteiger charge is 2.36. The minimum absolute atomic E-state index is 0.121. The van der Waals surface area contributed by atoms with Crippen LogP contribution in [0.15, 0.2) is 18.7 Å². The Morgan fingerprint density at radius 1 is 1.47 bits per heavy atom. The molecule has 4 nitrogen and oxygen atoms in total. The number of nitrogens with zero attached hydrogens (tertiary/aromatic N) is 3. The highest BCUT2D eigenvalue weighted by atomic mass is 35.5. The van der Waals surface area contributed by atoms with Crippen LogP contribution in [0.1, 0.15) is 12.1 Å². The van der Waals surface area contributed by atoms with Crippen LogP contribution in [0.4, 0.5) is 19.1 Å². The van der Waals surface area contributed by atoms with Gasteiger partial charge in [0, 0.05) is 24.9 Å². The van der Waals surface area contributed by atoms with Crippen LogP contribution in [-0.4, -0.2) is 22.4 Å². The van der Waals surface area contributed by atoms with Crippen molar-refractivity contribution in [2.75, 3.05) is 11.4 Å². The number of carbonyl (C=O) groups is 1. The number of anilines is 1. The van der Waals surface area contributed by atoms with Gasteiger partial charge in [-0.1, -0.05) is 17.7 Å². The molecule has 0 aromatic carbocycles. The van der Waals surface area contributed by atoms with Gasteiger partial charge in [-0.2, -0.15) is 13.2 Å². The van der Waals surface area contributed by atoms with Crippen molar-refractivity contribution in [3.05, 3.63) is 29.6 Å². The molecule has 1 unspecified atom stereocenters. The Labute approximate surface area is 111 Å². The van der Waals surface area contributed by atoms with Gasteiger partial charge in [0.1, 0.15) is 5.15 Å². The van der Waals surface area contributed by atoms with Crippen LogP contribution in [0.25, 0.3) is 0 Å². The van der Waals surface area contributed by atoms with E-state index in [0.29, 0.717) is 6.07 Å². The Morgan fingerprint density at radius 3 is 2.68 bits per heavy atom. The molecule has 1 aliphatic rings. The van der Waals surface area contributed by atoms with Crippen LogP contribution in [0.2, 0.25) is 5.15 Å². The molecule has 1 saturated heterocycles. The summed E-state index contributed by atoms with van der Waals surface area (Å²) in [6.45, 7) is 3.76. The Balaban J connectivity index is 2.38. The van der Waals surface area contributed by atoms with Gasteiger partial charge in [0.05, 0.1) is 0 Å². The van der Waals surface area contributed by atoms with Crippen molar-refractivity contribution < 1.29 is 18.0 Å². The summed E-state index contributed by atoms with van der Waals surface area (Å²) in [6.07, 6.45) is -2.88. The molecule has 1 atom stereocenters. The van der Waals surface area contributed by atoms with E-state index in [9.17, 15) is 18.0 Å². The van der Waals surface area contributed by atoms with Crippen molar-refractivity contribution >= 4 is 23.5 Å².